The van der Waals surface area contributed by atoms with Crippen LogP contribution in [0.15, 0.2) is 42.7 Å². The summed E-state index contributed by atoms with van der Waals surface area (Å²) in [5.74, 6) is 1.05. The summed E-state index contributed by atoms with van der Waals surface area (Å²) in [5, 5.41) is 6.76. The van der Waals surface area contributed by atoms with E-state index in [1.807, 2.05) is 25.1 Å². The summed E-state index contributed by atoms with van der Waals surface area (Å²) < 4.78 is 0. The third kappa shape index (κ3) is 4.73. The second kappa shape index (κ2) is 8.05. The fraction of sp³-hybridized carbons (Fsp3) is 0.211. The molecule has 3 aromatic rings. The lowest BCUT2D eigenvalue weighted by atomic mass is 10.2. The Labute approximate surface area is 160 Å². The monoisotopic (exact) mass is 381 g/mol. The van der Waals surface area contributed by atoms with Gasteiger partial charge in [-0.25, -0.2) is 15.0 Å². The van der Waals surface area contributed by atoms with Crippen molar-refractivity contribution in [2.75, 3.05) is 5.32 Å². The van der Waals surface area contributed by atoms with Crippen LogP contribution < -0.4 is 10.6 Å². The molecule has 3 aromatic heterocycles. The van der Waals surface area contributed by atoms with Crippen molar-refractivity contribution in [2.24, 2.45) is 0 Å². The minimum atomic E-state index is -0.152. The molecule has 8 heteroatoms. The van der Waals surface area contributed by atoms with Gasteiger partial charge in [-0.05, 0) is 38.1 Å². The normalized spacial score (nSPS) is 11.7. The first-order chi connectivity index (χ1) is 12.9. The van der Waals surface area contributed by atoms with Gasteiger partial charge in [0.2, 0.25) is 5.91 Å². The van der Waals surface area contributed by atoms with Gasteiger partial charge in [-0.1, -0.05) is 6.07 Å². The van der Waals surface area contributed by atoms with E-state index in [4.69, 9.17) is 0 Å². The number of aromatic nitrogens is 3. The maximum atomic E-state index is 11.5. The third-order valence-corrected chi connectivity index (χ3v) is 4.94. The Hall–Kier alpha value is -3.13. The topological polar surface area (TPSA) is 96.9 Å². The number of hydrogen-bond acceptors (Lipinski definition) is 7. The van der Waals surface area contributed by atoms with Gasteiger partial charge >= 0.3 is 0 Å². The SMILES string of the molecule is CC(=O)N[C@@H](C)c1ncc(-c2cccc(Nc3cc(C(C)=O)ccn3)n2)s1. The van der Waals surface area contributed by atoms with Crippen LogP contribution in [0, 0.1) is 0 Å². The van der Waals surface area contributed by atoms with E-state index in [2.05, 4.69) is 25.6 Å². The number of Topliss-reactive ketones (excluding diaryl/α,β-unsaturated/α-hetero) is 1. The molecule has 0 aliphatic heterocycles. The second-order valence-corrected chi connectivity index (χ2v) is 7.07. The molecule has 0 saturated heterocycles. The largest absolute Gasteiger partial charge is 0.347 e. The van der Waals surface area contributed by atoms with Gasteiger partial charge in [-0.15, -0.1) is 11.3 Å². The molecular weight excluding hydrogens is 362 g/mol. The quantitative estimate of drug-likeness (QED) is 0.631. The Bertz CT molecular complexity index is 985. The minimum absolute atomic E-state index is 0.0207. The molecule has 27 heavy (non-hydrogen) atoms. The van der Waals surface area contributed by atoms with E-state index in [-0.39, 0.29) is 17.7 Å². The highest BCUT2D eigenvalue weighted by Crippen LogP contribution is 2.29. The Balaban J connectivity index is 1.80. The highest BCUT2D eigenvalue weighted by atomic mass is 32.1. The van der Waals surface area contributed by atoms with Crippen LogP contribution in [-0.2, 0) is 4.79 Å². The number of amides is 1. The lowest BCUT2D eigenvalue weighted by molar-refractivity contribution is -0.119. The molecule has 0 spiro atoms. The number of hydrogen-bond donors (Lipinski definition) is 2. The van der Waals surface area contributed by atoms with Crippen molar-refractivity contribution in [1.82, 2.24) is 20.3 Å². The molecule has 138 valence electrons. The van der Waals surface area contributed by atoms with Crippen molar-refractivity contribution < 1.29 is 9.59 Å². The lowest BCUT2D eigenvalue weighted by Gasteiger charge is -2.08. The van der Waals surface area contributed by atoms with Crippen LogP contribution in [0.1, 0.15) is 42.2 Å². The number of nitrogens with zero attached hydrogens (tertiary/aromatic N) is 3. The Morgan fingerprint density at radius 3 is 2.67 bits per heavy atom. The molecule has 0 radical (unpaired) electrons. The first kappa shape index (κ1) is 18.7. The van der Waals surface area contributed by atoms with E-state index in [0.29, 0.717) is 17.2 Å². The zero-order valence-electron chi connectivity index (χ0n) is 15.2. The highest BCUT2D eigenvalue weighted by Gasteiger charge is 2.13. The number of nitrogens with one attached hydrogen (secondary N) is 2. The van der Waals surface area contributed by atoms with Crippen molar-refractivity contribution >= 4 is 34.7 Å². The molecule has 0 saturated carbocycles. The Morgan fingerprint density at radius 1 is 1.11 bits per heavy atom. The first-order valence-corrected chi connectivity index (χ1v) is 9.18. The van der Waals surface area contributed by atoms with Gasteiger partial charge in [0.25, 0.3) is 0 Å². The predicted molar refractivity (Wildman–Crippen MR) is 105 cm³/mol. The van der Waals surface area contributed by atoms with E-state index in [1.54, 1.807) is 24.5 Å². The van der Waals surface area contributed by atoms with Crippen molar-refractivity contribution in [3.63, 3.8) is 0 Å². The predicted octanol–water partition coefficient (Wildman–Crippen LogP) is 3.74. The number of thiazole rings is 1. The smallest absolute Gasteiger partial charge is 0.217 e. The number of pyridine rings is 2. The van der Waals surface area contributed by atoms with Gasteiger partial charge in [0.15, 0.2) is 5.78 Å². The van der Waals surface area contributed by atoms with Gasteiger partial charge in [0.05, 0.1) is 16.6 Å². The number of carbonyl (C=O) groups is 2. The summed E-state index contributed by atoms with van der Waals surface area (Å²) in [7, 11) is 0. The van der Waals surface area contributed by atoms with Crippen LogP contribution in [0.2, 0.25) is 0 Å². The van der Waals surface area contributed by atoms with Gasteiger partial charge < -0.3 is 10.6 Å². The van der Waals surface area contributed by atoms with Gasteiger partial charge in [0.1, 0.15) is 16.6 Å². The number of rotatable bonds is 6. The average Bonchev–Trinajstić information content (AvgIpc) is 3.12. The standard InChI is InChI=1S/C19H19N5O2S/c1-11(22-13(3)26)19-21-10-16(27-19)15-5-4-6-17(23-15)24-18-9-14(12(2)25)7-8-20-18/h4-11H,1-3H3,(H,22,26)(H,20,23,24)/t11-/m0/s1. The summed E-state index contributed by atoms with van der Waals surface area (Å²) in [6.07, 6.45) is 3.33. The summed E-state index contributed by atoms with van der Waals surface area (Å²) in [6, 6.07) is 8.82. The van der Waals surface area contributed by atoms with Crippen LogP contribution in [0.4, 0.5) is 11.6 Å². The molecule has 3 rings (SSSR count). The molecule has 0 aromatic carbocycles. The molecule has 0 fully saturated rings. The number of anilines is 2. The second-order valence-electron chi connectivity index (χ2n) is 6.00. The molecule has 3 heterocycles. The Kier molecular flexibility index (Phi) is 5.56. The van der Waals surface area contributed by atoms with E-state index in [0.717, 1.165) is 15.6 Å². The maximum absolute atomic E-state index is 11.5. The van der Waals surface area contributed by atoms with Gasteiger partial charge in [-0.2, -0.15) is 0 Å². The summed E-state index contributed by atoms with van der Waals surface area (Å²) in [6.45, 7) is 4.89. The minimum Gasteiger partial charge on any atom is -0.347 e. The summed E-state index contributed by atoms with van der Waals surface area (Å²) >= 11 is 1.48. The van der Waals surface area contributed by atoms with Crippen LogP contribution >= 0.6 is 11.3 Å². The van der Waals surface area contributed by atoms with E-state index in [9.17, 15) is 9.59 Å². The highest BCUT2D eigenvalue weighted by molar-refractivity contribution is 7.15. The molecule has 1 amide bonds. The van der Waals surface area contributed by atoms with Gasteiger partial charge in [-0.3, -0.25) is 9.59 Å². The molecular formula is C19H19N5O2S. The molecule has 0 aliphatic carbocycles. The van der Waals surface area contributed by atoms with E-state index in [1.165, 1.54) is 25.2 Å². The zero-order valence-corrected chi connectivity index (χ0v) is 16.0. The molecule has 1 atom stereocenters. The van der Waals surface area contributed by atoms with Crippen molar-refractivity contribution in [3.8, 4) is 10.6 Å². The average molecular weight is 381 g/mol. The molecule has 2 N–H and O–H groups in total. The molecule has 7 nitrogen and oxygen atoms in total. The lowest BCUT2D eigenvalue weighted by Crippen LogP contribution is -2.23. The molecule has 0 aliphatic rings. The number of ketones is 1. The van der Waals surface area contributed by atoms with Crippen LogP contribution in [-0.4, -0.2) is 26.6 Å². The van der Waals surface area contributed by atoms with Gasteiger partial charge in [0, 0.05) is 24.9 Å². The van der Waals surface area contributed by atoms with Crippen LogP contribution in [0.3, 0.4) is 0 Å². The fourth-order valence-corrected chi connectivity index (χ4v) is 3.35. The van der Waals surface area contributed by atoms with E-state index >= 15 is 0 Å². The van der Waals surface area contributed by atoms with E-state index < -0.39 is 0 Å². The summed E-state index contributed by atoms with van der Waals surface area (Å²) in [4.78, 5) is 36.8. The molecule has 0 unspecified atom stereocenters. The number of carbonyl (C=O) groups excluding carboxylic acids is 2. The van der Waals surface area contributed by atoms with Crippen molar-refractivity contribution in [2.45, 2.75) is 26.8 Å². The fourth-order valence-electron chi connectivity index (χ4n) is 2.46. The van der Waals surface area contributed by atoms with Crippen LogP contribution in [0.25, 0.3) is 10.6 Å². The maximum Gasteiger partial charge on any atom is 0.217 e. The molecule has 0 bridgehead atoms. The summed E-state index contributed by atoms with van der Waals surface area (Å²) in [5.41, 5.74) is 1.35. The van der Waals surface area contributed by atoms with Crippen LogP contribution in [0.5, 0.6) is 0 Å². The third-order valence-electron chi connectivity index (χ3n) is 3.74. The first-order valence-electron chi connectivity index (χ1n) is 8.36. The zero-order chi connectivity index (χ0) is 19.4. The van der Waals surface area contributed by atoms with Crippen molar-refractivity contribution in [1.29, 1.82) is 0 Å². The Morgan fingerprint density at radius 2 is 1.93 bits per heavy atom. The van der Waals surface area contributed by atoms with Crippen molar-refractivity contribution in [3.05, 3.63) is 53.3 Å².